The highest BCUT2D eigenvalue weighted by atomic mass is 127. The number of methoxy groups -OCH3 is 1. The summed E-state index contributed by atoms with van der Waals surface area (Å²) >= 11 is 2.32. The molecule has 1 fully saturated rings. The van der Waals surface area contributed by atoms with Crippen LogP contribution in [0.2, 0.25) is 0 Å². The normalized spacial score (nSPS) is 14.3. The molecule has 2 aromatic carbocycles. The van der Waals surface area contributed by atoms with E-state index < -0.39 is 0 Å². The van der Waals surface area contributed by atoms with E-state index in [0.717, 1.165) is 41.6 Å². The van der Waals surface area contributed by atoms with Crippen LogP contribution >= 0.6 is 22.9 Å². The lowest BCUT2D eigenvalue weighted by molar-refractivity contribution is -0.121. The molecule has 1 saturated carbocycles. The van der Waals surface area contributed by atoms with Gasteiger partial charge in [0.2, 0.25) is 5.91 Å². The number of halogens is 1. The summed E-state index contributed by atoms with van der Waals surface area (Å²) in [7, 11) is 1.66. The third-order valence-electron chi connectivity index (χ3n) is 6.31. The van der Waals surface area contributed by atoms with Crippen molar-refractivity contribution in [3.8, 4) is 11.5 Å². The quantitative estimate of drug-likeness (QED) is 0.185. The van der Waals surface area contributed by atoms with Crippen molar-refractivity contribution < 1.29 is 14.3 Å². The van der Waals surface area contributed by atoms with Crippen LogP contribution in [0.3, 0.4) is 0 Å². The molecule has 0 saturated heterocycles. The lowest BCUT2D eigenvalue weighted by atomic mass is 9.84. The fourth-order valence-corrected chi connectivity index (χ4v) is 4.64. The van der Waals surface area contributed by atoms with Crippen LogP contribution < -0.4 is 14.8 Å². The number of nitrogens with zero attached hydrogens (tertiary/aromatic N) is 1. The van der Waals surface area contributed by atoms with Crippen molar-refractivity contribution in [2.75, 3.05) is 20.3 Å². The van der Waals surface area contributed by atoms with Gasteiger partial charge in [0.25, 0.3) is 0 Å². The van der Waals surface area contributed by atoms with Gasteiger partial charge in [-0.1, -0.05) is 56.5 Å². The maximum absolute atomic E-state index is 12.3. The highest BCUT2D eigenvalue weighted by Crippen LogP contribution is 2.32. The zero-order valence-corrected chi connectivity index (χ0v) is 22.1. The van der Waals surface area contributed by atoms with Gasteiger partial charge < -0.3 is 14.8 Å². The van der Waals surface area contributed by atoms with Gasteiger partial charge in [0.15, 0.2) is 0 Å². The first-order valence-corrected chi connectivity index (χ1v) is 13.1. The molecule has 0 atom stereocenters. The predicted molar refractivity (Wildman–Crippen MR) is 142 cm³/mol. The number of carbonyl (C=O) groups is 1. The Hall–Kier alpha value is -1.80. The van der Waals surface area contributed by atoms with E-state index >= 15 is 0 Å². The molecule has 0 bridgehead atoms. The first kappa shape index (κ1) is 25.8. The van der Waals surface area contributed by atoms with Gasteiger partial charge in [-0.2, -0.15) is 0 Å². The lowest BCUT2D eigenvalue weighted by Gasteiger charge is -2.22. The molecule has 0 spiro atoms. The van der Waals surface area contributed by atoms with Crippen LogP contribution in [0.5, 0.6) is 11.5 Å². The maximum Gasteiger partial charge on any atom is 0.220 e. The summed E-state index contributed by atoms with van der Waals surface area (Å²) in [6, 6.07) is 14.7. The van der Waals surface area contributed by atoms with Crippen LogP contribution in [0.15, 0.2) is 42.5 Å². The molecular formula is C27H37IN2O3. The van der Waals surface area contributed by atoms with Crippen molar-refractivity contribution in [1.82, 2.24) is 8.43 Å². The zero-order chi connectivity index (χ0) is 23.5. The molecule has 180 valence electrons. The third-order valence-corrected chi connectivity index (χ3v) is 7.33. The number of hydrogen-bond donors (Lipinski definition) is 1. The SMILES string of the molecule is CCN(I)Cc1ccc(OC)cc1OCCCC(=O)NCc1ccc(C2CCCCC2)cc1. The van der Waals surface area contributed by atoms with Gasteiger partial charge in [-0.25, -0.2) is 3.11 Å². The van der Waals surface area contributed by atoms with Gasteiger partial charge in [0, 0.05) is 60.5 Å². The standard InChI is InChI=1S/C27H37IN2O3/c1-3-30(28)20-24-15-16-25(32-2)18-26(24)33-17-7-10-27(31)29-19-21-11-13-23(14-12-21)22-8-5-4-6-9-22/h11-16,18,22H,3-10,17,19-20H2,1-2H3,(H,29,31). The lowest BCUT2D eigenvalue weighted by Crippen LogP contribution is -2.23. The Morgan fingerprint density at radius 3 is 2.58 bits per heavy atom. The molecular weight excluding hydrogens is 527 g/mol. The summed E-state index contributed by atoms with van der Waals surface area (Å²) in [5.41, 5.74) is 3.72. The van der Waals surface area contributed by atoms with Gasteiger partial charge in [-0.15, -0.1) is 0 Å². The number of nitrogens with one attached hydrogen (secondary N) is 1. The molecule has 1 N–H and O–H groups in total. The van der Waals surface area contributed by atoms with E-state index in [2.05, 4.69) is 62.5 Å². The van der Waals surface area contributed by atoms with E-state index in [-0.39, 0.29) is 5.91 Å². The number of amides is 1. The monoisotopic (exact) mass is 564 g/mol. The first-order valence-electron chi connectivity index (χ1n) is 12.1. The highest BCUT2D eigenvalue weighted by molar-refractivity contribution is 14.1. The van der Waals surface area contributed by atoms with Crippen LogP contribution in [0.4, 0.5) is 0 Å². The van der Waals surface area contributed by atoms with E-state index in [9.17, 15) is 4.79 Å². The van der Waals surface area contributed by atoms with E-state index in [4.69, 9.17) is 9.47 Å². The van der Waals surface area contributed by atoms with Gasteiger partial charge in [-0.05, 0) is 42.4 Å². The molecule has 0 aromatic heterocycles. The summed E-state index contributed by atoms with van der Waals surface area (Å²) in [6.07, 6.45) is 7.82. The predicted octanol–water partition coefficient (Wildman–Crippen LogP) is 6.39. The molecule has 5 nitrogen and oxygen atoms in total. The maximum atomic E-state index is 12.3. The Balaban J connectivity index is 1.40. The second-order valence-corrected chi connectivity index (χ2v) is 10.1. The second-order valence-electron chi connectivity index (χ2n) is 8.72. The fraction of sp³-hybridized carbons (Fsp3) is 0.519. The summed E-state index contributed by atoms with van der Waals surface area (Å²) in [5.74, 6) is 2.38. The molecule has 0 unspecified atom stereocenters. The molecule has 33 heavy (non-hydrogen) atoms. The van der Waals surface area contributed by atoms with Crippen LogP contribution in [0.25, 0.3) is 0 Å². The van der Waals surface area contributed by atoms with Gasteiger partial charge in [0.05, 0.1) is 13.7 Å². The number of ether oxygens (including phenoxy) is 2. The smallest absolute Gasteiger partial charge is 0.220 e. The molecule has 0 radical (unpaired) electrons. The Bertz CT molecular complexity index is 866. The third kappa shape index (κ3) is 8.49. The van der Waals surface area contributed by atoms with E-state index in [1.807, 2.05) is 18.2 Å². The molecule has 6 heteroatoms. The average molecular weight is 565 g/mol. The van der Waals surface area contributed by atoms with Crippen LogP contribution in [-0.4, -0.2) is 29.3 Å². The zero-order valence-electron chi connectivity index (χ0n) is 19.9. The van der Waals surface area contributed by atoms with Crippen LogP contribution in [-0.2, 0) is 17.9 Å². The minimum Gasteiger partial charge on any atom is -0.497 e. The van der Waals surface area contributed by atoms with Crippen molar-refractivity contribution >= 4 is 28.8 Å². The number of hydrogen-bond acceptors (Lipinski definition) is 4. The largest absolute Gasteiger partial charge is 0.497 e. The fourth-order valence-electron chi connectivity index (χ4n) is 4.27. The molecule has 3 rings (SSSR count). The summed E-state index contributed by atoms with van der Waals surface area (Å²) in [4.78, 5) is 12.3. The summed E-state index contributed by atoms with van der Waals surface area (Å²) < 4.78 is 13.6. The topological polar surface area (TPSA) is 50.8 Å². The molecule has 1 amide bonds. The molecule has 1 aliphatic carbocycles. The Morgan fingerprint density at radius 2 is 1.88 bits per heavy atom. The minimum absolute atomic E-state index is 0.0604. The van der Waals surface area contributed by atoms with E-state index in [1.165, 1.54) is 37.7 Å². The first-order chi connectivity index (χ1) is 16.1. The number of rotatable bonds is 12. The van der Waals surface area contributed by atoms with Crippen molar-refractivity contribution in [3.63, 3.8) is 0 Å². The van der Waals surface area contributed by atoms with E-state index in [0.29, 0.717) is 26.0 Å². The molecule has 1 aliphatic rings. The average Bonchev–Trinajstić information content (AvgIpc) is 2.86. The Kier molecular flexibility index (Phi) is 10.8. The molecule has 0 heterocycles. The second kappa shape index (κ2) is 13.8. The van der Waals surface area contributed by atoms with Crippen LogP contribution in [0, 0.1) is 0 Å². The highest BCUT2D eigenvalue weighted by Gasteiger charge is 2.15. The number of benzene rings is 2. The van der Waals surface area contributed by atoms with Crippen molar-refractivity contribution in [1.29, 1.82) is 0 Å². The minimum atomic E-state index is 0.0604. The van der Waals surface area contributed by atoms with E-state index in [1.54, 1.807) is 7.11 Å². The van der Waals surface area contributed by atoms with Gasteiger partial charge >= 0.3 is 0 Å². The molecule has 0 aliphatic heterocycles. The van der Waals surface area contributed by atoms with Crippen molar-refractivity contribution in [2.45, 2.75) is 70.9 Å². The molecule has 2 aromatic rings. The van der Waals surface area contributed by atoms with Crippen molar-refractivity contribution in [3.05, 3.63) is 59.2 Å². The number of carbonyl (C=O) groups excluding carboxylic acids is 1. The van der Waals surface area contributed by atoms with Crippen LogP contribution in [0.1, 0.15) is 74.5 Å². The van der Waals surface area contributed by atoms with Gasteiger partial charge in [-0.3, -0.25) is 4.79 Å². The Morgan fingerprint density at radius 1 is 1.12 bits per heavy atom. The summed E-state index contributed by atoms with van der Waals surface area (Å²) in [5, 5.41) is 3.04. The summed E-state index contributed by atoms with van der Waals surface area (Å²) in [6.45, 7) is 4.95. The van der Waals surface area contributed by atoms with Gasteiger partial charge in [0.1, 0.15) is 11.5 Å². The van der Waals surface area contributed by atoms with Crippen molar-refractivity contribution in [2.24, 2.45) is 0 Å². The Labute approximate surface area is 212 Å².